The zero-order valence-electron chi connectivity index (χ0n) is 18.6. The minimum Gasteiger partial charge on any atom is -0.605 e. The molecule has 7 nitrogen and oxygen atoms in total. The number of hydrogen-bond acceptors (Lipinski definition) is 6. The number of fused-ring (bicyclic) bond motifs is 1. The molecule has 3 heterocycles. The largest absolute Gasteiger partial charge is 0.605 e. The maximum absolute atomic E-state index is 12.6. The van der Waals surface area contributed by atoms with E-state index >= 15 is 0 Å². The number of likely N-dealkylation sites (tertiary alicyclic amines) is 1. The van der Waals surface area contributed by atoms with E-state index in [1.165, 1.54) is 16.4 Å². The Morgan fingerprint density at radius 1 is 0.938 bits per heavy atom. The van der Waals surface area contributed by atoms with Gasteiger partial charge in [0, 0.05) is 51.6 Å². The van der Waals surface area contributed by atoms with Crippen LogP contribution in [-0.4, -0.2) is 60.9 Å². The first kappa shape index (κ1) is 21.6. The molecular weight excluding hydrogens is 424 g/mol. The molecule has 1 saturated carbocycles. The molecule has 3 aliphatic rings. The number of carbonyl (C=O) groups excluding carboxylic acids is 2. The molecule has 8 heteroatoms. The van der Waals surface area contributed by atoms with Gasteiger partial charge in [0.2, 0.25) is 17.3 Å². The van der Waals surface area contributed by atoms with Gasteiger partial charge in [-0.3, -0.25) is 19.4 Å². The van der Waals surface area contributed by atoms with Crippen LogP contribution in [-0.2, 0) is 9.59 Å². The predicted octanol–water partition coefficient (Wildman–Crippen LogP) is 3.15. The van der Waals surface area contributed by atoms with Crippen molar-refractivity contribution in [3.63, 3.8) is 0 Å². The second kappa shape index (κ2) is 8.98. The van der Waals surface area contributed by atoms with E-state index in [4.69, 9.17) is 0 Å². The second-order valence-electron chi connectivity index (χ2n) is 9.71. The summed E-state index contributed by atoms with van der Waals surface area (Å²) in [7, 11) is 0. The van der Waals surface area contributed by atoms with E-state index in [-0.39, 0.29) is 17.2 Å². The summed E-state index contributed by atoms with van der Waals surface area (Å²) in [6, 6.07) is 7.80. The van der Waals surface area contributed by atoms with Crippen molar-refractivity contribution < 1.29 is 13.7 Å². The van der Waals surface area contributed by atoms with Crippen LogP contribution >= 0.6 is 11.5 Å². The Morgan fingerprint density at radius 3 is 2.31 bits per heavy atom. The number of amides is 2. The van der Waals surface area contributed by atoms with E-state index in [2.05, 4.69) is 9.80 Å². The van der Waals surface area contributed by atoms with E-state index in [0.717, 1.165) is 91.3 Å². The summed E-state index contributed by atoms with van der Waals surface area (Å²) in [5.74, 6) is 0.103. The number of piperidine rings is 1. The molecule has 2 aromatic rings. The van der Waals surface area contributed by atoms with Crippen molar-refractivity contribution in [2.75, 3.05) is 44.2 Å². The number of piperazine rings is 1. The molecule has 0 bridgehead atoms. The Kier molecular flexibility index (Phi) is 6.07. The highest BCUT2D eigenvalue weighted by atomic mass is 32.1. The first-order chi connectivity index (χ1) is 15.5. The summed E-state index contributed by atoms with van der Waals surface area (Å²) in [6.07, 6.45) is 7.41. The first-order valence-corrected chi connectivity index (χ1v) is 12.7. The van der Waals surface area contributed by atoms with Crippen LogP contribution in [0.5, 0.6) is 0 Å². The first-order valence-electron chi connectivity index (χ1n) is 12.0. The monoisotopic (exact) mass is 456 g/mol. The van der Waals surface area contributed by atoms with Gasteiger partial charge in [-0.05, 0) is 43.7 Å². The molecule has 0 radical (unpaired) electrons. The van der Waals surface area contributed by atoms with E-state index in [1.807, 2.05) is 24.3 Å². The Bertz CT molecular complexity index is 972. The molecule has 1 spiro atoms. The summed E-state index contributed by atoms with van der Waals surface area (Å²) in [5, 5.41) is 14.3. The molecule has 32 heavy (non-hydrogen) atoms. The van der Waals surface area contributed by atoms with Crippen molar-refractivity contribution in [1.82, 2.24) is 9.80 Å². The summed E-state index contributed by atoms with van der Waals surface area (Å²) in [6.45, 7) is 5.31. The van der Waals surface area contributed by atoms with Gasteiger partial charge in [0.25, 0.3) is 0 Å². The maximum Gasteiger partial charge on any atom is 0.241 e. The van der Waals surface area contributed by atoms with Crippen LogP contribution in [0, 0.1) is 10.6 Å². The highest BCUT2D eigenvalue weighted by Crippen LogP contribution is 2.46. The van der Waals surface area contributed by atoms with Gasteiger partial charge >= 0.3 is 0 Å². The Labute approximate surface area is 193 Å². The molecular formula is C24H32N4O3S. The average molecular weight is 457 g/mol. The SMILES string of the molecule is O=C1CC2(CCCC2)CC(=O)N1CCCCN1CCN(c2s[n+]([O-])c3ccccc23)CC1. The summed E-state index contributed by atoms with van der Waals surface area (Å²) in [4.78, 5) is 31.5. The number of para-hydroxylation sites is 1. The van der Waals surface area contributed by atoms with E-state index in [1.54, 1.807) is 0 Å². The van der Waals surface area contributed by atoms with Gasteiger partial charge in [0.15, 0.2) is 16.5 Å². The lowest BCUT2D eigenvalue weighted by Crippen LogP contribution is -2.48. The minimum absolute atomic E-state index is 0.0103. The quantitative estimate of drug-likeness (QED) is 0.289. The van der Waals surface area contributed by atoms with Gasteiger partial charge in [-0.15, -0.1) is 4.12 Å². The normalized spacial score (nSPS) is 21.9. The number of imide groups is 1. The number of rotatable bonds is 6. The lowest BCUT2D eigenvalue weighted by atomic mass is 9.76. The summed E-state index contributed by atoms with van der Waals surface area (Å²) < 4.78 is 1.01. The molecule has 2 aliphatic heterocycles. The Hall–Kier alpha value is -2.19. The number of aromatic nitrogens is 1. The van der Waals surface area contributed by atoms with Crippen molar-refractivity contribution in [2.24, 2.45) is 5.41 Å². The third kappa shape index (κ3) is 4.22. The van der Waals surface area contributed by atoms with E-state index < -0.39 is 0 Å². The zero-order valence-corrected chi connectivity index (χ0v) is 19.4. The van der Waals surface area contributed by atoms with Crippen LogP contribution in [0.1, 0.15) is 51.4 Å². The topological polar surface area (TPSA) is 70.8 Å². The van der Waals surface area contributed by atoms with Crippen LogP contribution < -0.4 is 9.02 Å². The fraction of sp³-hybridized carbons (Fsp3) is 0.625. The summed E-state index contributed by atoms with van der Waals surface area (Å²) >= 11 is 1.28. The van der Waals surface area contributed by atoms with Crippen molar-refractivity contribution in [1.29, 1.82) is 0 Å². The van der Waals surface area contributed by atoms with Gasteiger partial charge in [-0.2, -0.15) is 0 Å². The number of hydrogen-bond donors (Lipinski definition) is 0. The number of anilines is 1. The molecule has 0 N–H and O–H groups in total. The Morgan fingerprint density at radius 2 is 1.59 bits per heavy atom. The molecule has 5 rings (SSSR count). The molecule has 3 fully saturated rings. The standard InChI is InChI=1S/C24H32N4O3S/c29-21-17-24(9-3-4-10-24)18-22(30)27(21)12-6-5-11-25-13-15-26(16-14-25)23-19-7-1-2-8-20(19)28(31)32-23/h1-2,7-8H,3-6,9-18H2. The van der Waals surface area contributed by atoms with Crippen molar-refractivity contribution >= 4 is 39.3 Å². The van der Waals surface area contributed by atoms with Crippen LogP contribution in [0.15, 0.2) is 24.3 Å². The molecule has 2 amide bonds. The lowest BCUT2D eigenvalue weighted by molar-refractivity contribution is -0.500. The highest BCUT2D eigenvalue weighted by Gasteiger charge is 2.44. The third-order valence-electron chi connectivity index (χ3n) is 7.58. The van der Waals surface area contributed by atoms with Crippen molar-refractivity contribution in [3.8, 4) is 0 Å². The molecule has 0 atom stereocenters. The summed E-state index contributed by atoms with van der Waals surface area (Å²) in [5.41, 5.74) is 0.736. The highest BCUT2D eigenvalue weighted by molar-refractivity contribution is 7.08. The molecule has 172 valence electrons. The van der Waals surface area contributed by atoms with Gasteiger partial charge in [0.1, 0.15) is 0 Å². The second-order valence-corrected chi connectivity index (χ2v) is 10.6. The maximum atomic E-state index is 12.6. The molecule has 2 saturated heterocycles. The van der Waals surface area contributed by atoms with Crippen LogP contribution in [0.2, 0.25) is 0 Å². The van der Waals surface area contributed by atoms with Crippen molar-refractivity contribution in [3.05, 3.63) is 29.5 Å². The fourth-order valence-corrected chi connectivity index (χ4v) is 6.74. The zero-order chi connectivity index (χ0) is 22.1. The van der Waals surface area contributed by atoms with Gasteiger partial charge in [-0.1, -0.05) is 25.0 Å². The Balaban J connectivity index is 1.06. The smallest absolute Gasteiger partial charge is 0.241 e. The van der Waals surface area contributed by atoms with E-state index in [0.29, 0.717) is 19.4 Å². The van der Waals surface area contributed by atoms with E-state index in [9.17, 15) is 14.8 Å². The number of benzene rings is 1. The number of nitrogens with zero attached hydrogens (tertiary/aromatic N) is 4. The van der Waals surface area contributed by atoms with Gasteiger partial charge in [0.05, 0.1) is 5.39 Å². The van der Waals surface area contributed by atoms with Crippen LogP contribution in [0.25, 0.3) is 10.9 Å². The minimum atomic E-state index is -0.0103. The fourth-order valence-electron chi connectivity index (χ4n) is 5.76. The van der Waals surface area contributed by atoms with Gasteiger partial charge in [-0.25, -0.2) is 0 Å². The van der Waals surface area contributed by atoms with Crippen molar-refractivity contribution in [2.45, 2.75) is 51.4 Å². The molecule has 1 aliphatic carbocycles. The number of unbranched alkanes of at least 4 members (excludes halogenated alkanes) is 1. The van der Waals surface area contributed by atoms with Crippen LogP contribution in [0.3, 0.4) is 0 Å². The average Bonchev–Trinajstić information content (AvgIpc) is 3.37. The molecule has 0 unspecified atom stereocenters. The van der Waals surface area contributed by atoms with Gasteiger partial charge < -0.3 is 10.1 Å². The molecule has 1 aromatic heterocycles. The lowest BCUT2D eigenvalue weighted by Gasteiger charge is -2.37. The predicted molar refractivity (Wildman–Crippen MR) is 126 cm³/mol. The number of carbonyl (C=O) groups is 2. The van der Waals surface area contributed by atoms with Crippen LogP contribution in [0.4, 0.5) is 5.00 Å². The third-order valence-corrected chi connectivity index (χ3v) is 8.60. The molecule has 1 aromatic carbocycles.